The predicted molar refractivity (Wildman–Crippen MR) is 94.4 cm³/mol. The van der Waals surface area contributed by atoms with Gasteiger partial charge in [0.25, 0.3) is 5.91 Å². The number of amides is 2. The fourth-order valence-electron chi connectivity index (χ4n) is 1.95. The molecule has 0 aliphatic heterocycles. The Bertz CT molecular complexity index is 715. The first-order chi connectivity index (χ1) is 11.0. The molecule has 23 heavy (non-hydrogen) atoms. The summed E-state index contributed by atoms with van der Waals surface area (Å²) >= 11 is 11.9. The third-order valence-corrected chi connectivity index (χ3v) is 3.66. The van der Waals surface area contributed by atoms with Crippen LogP contribution in [0, 0.1) is 0 Å². The van der Waals surface area contributed by atoms with Gasteiger partial charge in [-0.1, -0.05) is 30.1 Å². The number of carbonyl (C=O) groups is 2. The van der Waals surface area contributed by atoms with Gasteiger partial charge >= 0.3 is 0 Å². The normalized spacial score (nSPS) is 10.2. The Labute approximate surface area is 144 Å². The van der Waals surface area contributed by atoms with Crippen LogP contribution in [0.3, 0.4) is 0 Å². The summed E-state index contributed by atoms with van der Waals surface area (Å²) in [6.07, 6.45) is 1.20. The molecule has 2 aromatic rings. The molecule has 2 amide bonds. The molecular formula is C17H16Cl2N2O2. The number of halogens is 2. The topological polar surface area (TPSA) is 58.2 Å². The molecule has 0 saturated carbocycles. The maximum absolute atomic E-state index is 12.2. The number of benzene rings is 2. The highest BCUT2D eigenvalue weighted by atomic mass is 35.5. The van der Waals surface area contributed by atoms with Gasteiger partial charge in [0.2, 0.25) is 5.91 Å². The van der Waals surface area contributed by atoms with Crippen LogP contribution in [0.25, 0.3) is 0 Å². The van der Waals surface area contributed by atoms with Crippen molar-refractivity contribution in [1.82, 2.24) is 0 Å². The van der Waals surface area contributed by atoms with E-state index in [4.69, 9.17) is 23.2 Å². The van der Waals surface area contributed by atoms with E-state index in [9.17, 15) is 9.59 Å². The van der Waals surface area contributed by atoms with E-state index in [0.29, 0.717) is 33.4 Å². The van der Waals surface area contributed by atoms with Crippen LogP contribution in [0.15, 0.2) is 42.5 Å². The fourth-order valence-corrected chi connectivity index (χ4v) is 2.24. The number of rotatable bonds is 5. The lowest BCUT2D eigenvalue weighted by Crippen LogP contribution is -2.14. The monoisotopic (exact) mass is 350 g/mol. The Morgan fingerprint density at radius 3 is 2.35 bits per heavy atom. The molecule has 6 heteroatoms. The van der Waals surface area contributed by atoms with Gasteiger partial charge in [0, 0.05) is 22.7 Å². The summed E-state index contributed by atoms with van der Waals surface area (Å²) in [5, 5.41) is 6.44. The summed E-state index contributed by atoms with van der Waals surface area (Å²) in [7, 11) is 0. The lowest BCUT2D eigenvalue weighted by atomic mass is 10.2. The number of nitrogens with one attached hydrogen (secondary N) is 2. The van der Waals surface area contributed by atoms with Gasteiger partial charge in [-0.2, -0.15) is 0 Å². The van der Waals surface area contributed by atoms with Crippen molar-refractivity contribution in [3.63, 3.8) is 0 Å². The lowest BCUT2D eigenvalue weighted by molar-refractivity contribution is -0.116. The van der Waals surface area contributed by atoms with Crippen LogP contribution in [0.4, 0.5) is 11.4 Å². The fraction of sp³-hybridized carbons (Fsp3) is 0.176. The minimum atomic E-state index is -0.305. The van der Waals surface area contributed by atoms with Gasteiger partial charge in [0.05, 0.1) is 10.7 Å². The van der Waals surface area contributed by atoms with E-state index in [2.05, 4.69) is 10.6 Å². The molecule has 0 heterocycles. The smallest absolute Gasteiger partial charge is 0.255 e. The van der Waals surface area contributed by atoms with E-state index >= 15 is 0 Å². The van der Waals surface area contributed by atoms with Crippen molar-refractivity contribution in [2.45, 2.75) is 19.8 Å². The molecular weight excluding hydrogens is 335 g/mol. The standard InChI is InChI=1S/C17H16Cl2N2O2/c1-2-3-16(22)20-13-8-9-14(19)15(10-13)21-17(23)11-4-6-12(18)7-5-11/h4-10H,2-3H2,1H3,(H,20,22)(H,21,23). The number of hydrogen-bond donors (Lipinski definition) is 2. The second-order valence-electron chi connectivity index (χ2n) is 4.95. The lowest BCUT2D eigenvalue weighted by Gasteiger charge is -2.10. The average Bonchev–Trinajstić information content (AvgIpc) is 2.51. The Hall–Kier alpha value is -2.04. The third kappa shape index (κ3) is 4.98. The van der Waals surface area contributed by atoms with E-state index < -0.39 is 0 Å². The zero-order valence-electron chi connectivity index (χ0n) is 12.5. The molecule has 2 N–H and O–H groups in total. The van der Waals surface area contributed by atoms with E-state index in [1.54, 1.807) is 42.5 Å². The van der Waals surface area contributed by atoms with Crippen molar-refractivity contribution in [3.8, 4) is 0 Å². The van der Waals surface area contributed by atoms with Crippen LogP contribution in [-0.2, 0) is 4.79 Å². The molecule has 0 fully saturated rings. The largest absolute Gasteiger partial charge is 0.326 e. The van der Waals surface area contributed by atoms with Gasteiger partial charge < -0.3 is 10.6 Å². The SMILES string of the molecule is CCCC(=O)Nc1ccc(Cl)c(NC(=O)c2ccc(Cl)cc2)c1. The van der Waals surface area contributed by atoms with Crippen molar-refractivity contribution in [2.24, 2.45) is 0 Å². The van der Waals surface area contributed by atoms with Gasteiger partial charge in [-0.3, -0.25) is 9.59 Å². The van der Waals surface area contributed by atoms with Gasteiger partial charge in [-0.05, 0) is 48.9 Å². The Morgan fingerprint density at radius 1 is 1.00 bits per heavy atom. The van der Waals surface area contributed by atoms with Crippen LogP contribution < -0.4 is 10.6 Å². The van der Waals surface area contributed by atoms with E-state index in [1.807, 2.05) is 6.92 Å². The zero-order chi connectivity index (χ0) is 16.8. The molecule has 2 rings (SSSR count). The van der Waals surface area contributed by atoms with Gasteiger partial charge in [0.15, 0.2) is 0 Å². The van der Waals surface area contributed by atoms with Crippen LogP contribution in [0.2, 0.25) is 10.0 Å². The maximum Gasteiger partial charge on any atom is 0.255 e. The first-order valence-corrected chi connectivity index (χ1v) is 7.91. The summed E-state index contributed by atoms with van der Waals surface area (Å²) in [6.45, 7) is 1.93. The van der Waals surface area contributed by atoms with Gasteiger partial charge in [0.1, 0.15) is 0 Å². The van der Waals surface area contributed by atoms with E-state index in [0.717, 1.165) is 6.42 Å². The summed E-state index contributed by atoms with van der Waals surface area (Å²) in [6, 6.07) is 11.5. The third-order valence-electron chi connectivity index (χ3n) is 3.08. The number of hydrogen-bond acceptors (Lipinski definition) is 2. The van der Waals surface area contributed by atoms with Crippen LogP contribution in [0.1, 0.15) is 30.1 Å². The minimum Gasteiger partial charge on any atom is -0.326 e. The van der Waals surface area contributed by atoms with E-state index in [-0.39, 0.29) is 11.8 Å². The van der Waals surface area contributed by atoms with Crippen molar-refractivity contribution >= 4 is 46.4 Å². The first kappa shape index (κ1) is 17.3. The van der Waals surface area contributed by atoms with Crippen molar-refractivity contribution in [3.05, 3.63) is 58.1 Å². The van der Waals surface area contributed by atoms with Crippen molar-refractivity contribution < 1.29 is 9.59 Å². The molecule has 0 spiro atoms. The molecule has 4 nitrogen and oxygen atoms in total. The molecule has 0 aromatic heterocycles. The number of carbonyl (C=O) groups excluding carboxylic acids is 2. The highest BCUT2D eigenvalue weighted by Crippen LogP contribution is 2.26. The highest BCUT2D eigenvalue weighted by Gasteiger charge is 2.10. The summed E-state index contributed by atoms with van der Waals surface area (Å²) in [5.74, 6) is -0.384. The Kier molecular flexibility index (Phi) is 6.02. The Balaban J connectivity index is 2.13. The molecule has 2 aromatic carbocycles. The first-order valence-electron chi connectivity index (χ1n) is 7.16. The number of anilines is 2. The quantitative estimate of drug-likeness (QED) is 0.798. The second-order valence-corrected chi connectivity index (χ2v) is 5.80. The van der Waals surface area contributed by atoms with Crippen molar-refractivity contribution in [1.29, 1.82) is 0 Å². The predicted octanol–water partition coefficient (Wildman–Crippen LogP) is 4.98. The molecule has 0 aliphatic rings. The molecule has 120 valence electrons. The second kappa shape index (κ2) is 7.99. The molecule has 0 bridgehead atoms. The summed E-state index contributed by atoms with van der Waals surface area (Å²) < 4.78 is 0. The van der Waals surface area contributed by atoms with E-state index in [1.165, 1.54) is 0 Å². The van der Waals surface area contributed by atoms with Gasteiger partial charge in [-0.25, -0.2) is 0 Å². The van der Waals surface area contributed by atoms with Crippen LogP contribution in [0.5, 0.6) is 0 Å². The average molecular weight is 351 g/mol. The van der Waals surface area contributed by atoms with Gasteiger partial charge in [-0.15, -0.1) is 0 Å². The minimum absolute atomic E-state index is 0.0789. The zero-order valence-corrected chi connectivity index (χ0v) is 14.0. The molecule has 0 radical (unpaired) electrons. The maximum atomic E-state index is 12.2. The Morgan fingerprint density at radius 2 is 1.70 bits per heavy atom. The molecule has 0 saturated heterocycles. The van der Waals surface area contributed by atoms with Crippen LogP contribution in [-0.4, -0.2) is 11.8 Å². The summed E-state index contributed by atoms with van der Waals surface area (Å²) in [4.78, 5) is 23.9. The van der Waals surface area contributed by atoms with Crippen LogP contribution >= 0.6 is 23.2 Å². The summed E-state index contributed by atoms with van der Waals surface area (Å²) in [5.41, 5.74) is 1.48. The molecule has 0 aliphatic carbocycles. The molecule has 0 atom stereocenters. The van der Waals surface area contributed by atoms with Crippen molar-refractivity contribution in [2.75, 3.05) is 10.6 Å². The molecule has 0 unspecified atom stereocenters. The highest BCUT2D eigenvalue weighted by molar-refractivity contribution is 6.34.